The Balaban J connectivity index is 1.69. The summed E-state index contributed by atoms with van der Waals surface area (Å²) in [6.45, 7) is 13.3. The van der Waals surface area contributed by atoms with Gasteiger partial charge in [0.2, 0.25) is 0 Å². The molecule has 0 aromatic heterocycles. The monoisotopic (exact) mass is 438 g/mol. The zero-order chi connectivity index (χ0) is 23.0. The third-order valence-electron chi connectivity index (χ3n) is 7.59. The summed E-state index contributed by atoms with van der Waals surface area (Å²) in [6.07, 6.45) is 2.59. The van der Waals surface area contributed by atoms with Crippen LogP contribution in [0.1, 0.15) is 73.1 Å². The Morgan fingerprint density at radius 3 is 2.52 bits per heavy atom. The molecule has 0 radical (unpaired) electrons. The van der Waals surface area contributed by atoms with Crippen molar-refractivity contribution in [1.82, 2.24) is 0 Å². The molecule has 31 heavy (non-hydrogen) atoms. The van der Waals surface area contributed by atoms with Gasteiger partial charge in [-0.25, -0.2) is 0 Å². The second-order valence-corrected chi connectivity index (χ2v) is 10.3. The first-order valence-corrected chi connectivity index (χ1v) is 11.4. The summed E-state index contributed by atoms with van der Waals surface area (Å²) in [5.74, 6) is -0.323. The van der Waals surface area contributed by atoms with E-state index in [1.54, 1.807) is 0 Å². The quantitative estimate of drug-likeness (QED) is 0.519. The van der Waals surface area contributed by atoms with Crippen molar-refractivity contribution in [3.63, 3.8) is 0 Å². The first-order valence-electron chi connectivity index (χ1n) is 11.4. The van der Waals surface area contributed by atoms with E-state index in [0.29, 0.717) is 11.3 Å². The van der Waals surface area contributed by atoms with Gasteiger partial charge < -0.3 is 24.1 Å². The second-order valence-electron chi connectivity index (χ2n) is 10.3. The molecule has 0 bridgehead atoms. The number of carbonyl (C=O) groups is 2. The zero-order valence-corrected chi connectivity index (χ0v) is 19.5. The highest BCUT2D eigenvalue weighted by Crippen LogP contribution is 2.55. The van der Waals surface area contributed by atoms with Crippen LogP contribution in [0.5, 0.6) is 0 Å². The van der Waals surface area contributed by atoms with Gasteiger partial charge in [0.15, 0.2) is 18.5 Å². The van der Waals surface area contributed by atoms with Crippen molar-refractivity contribution in [2.45, 2.75) is 103 Å². The fourth-order valence-electron chi connectivity index (χ4n) is 5.76. The van der Waals surface area contributed by atoms with Crippen LogP contribution in [0.4, 0.5) is 0 Å². The molecule has 7 unspecified atom stereocenters. The molecule has 1 saturated heterocycles. The van der Waals surface area contributed by atoms with Crippen LogP contribution in [-0.4, -0.2) is 53.9 Å². The van der Waals surface area contributed by atoms with Crippen LogP contribution in [0, 0.1) is 17.3 Å². The van der Waals surface area contributed by atoms with E-state index in [2.05, 4.69) is 13.5 Å². The Morgan fingerprint density at radius 2 is 1.87 bits per heavy atom. The van der Waals surface area contributed by atoms with E-state index in [4.69, 9.17) is 18.9 Å². The summed E-state index contributed by atoms with van der Waals surface area (Å²) in [5.41, 5.74) is 1.11. The third-order valence-corrected chi connectivity index (χ3v) is 7.59. The van der Waals surface area contributed by atoms with Crippen LogP contribution >= 0.6 is 0 Å². The highest BCUT2D eigenvalue weighted by Gasteiger charge is 2.50. The van der Waals surface area contributed by atoms with Gasteiger partial charge in [0.25, 0.3) is 0 Å². The summed E-state index contributed by atoms with van der Waals surface area (Å²) >= 11 is 0. The van der Waals surface area contributed by atoms with Gasteiger partial charge in [-0.15, -0.1) is 0 Å². The van der Waals surface area contributed by atoms with Crippen molar-refractivity contribution in [1.29, 1.82) is 0 Å². The average molecular weight is 439 g/mol. The summed E-state index contributed by atoms with van der Waals surface area (Å²) < 4.78 is 22.5. The lowest BCUT2D eigenvalue weighted by atomic mass is 9.55. The predicted molar refractivity (Wildman–Crippen MR) is 114 cm³/mol. The Kier molecular flexibility index (Phi) is 7.18. The molecule has 176 valence electrons. The molecule has 2 saturated carbocycles. The molecule has 0 spiro atoms. The molecule has 7 nitrogen and oxygen atoms in total. The van der Waals surface area contributed by atoms with Gasteiger partial charge in [0, 0.05) is 13.8 Å². The zero-order valence-electron chi connectivity index (χ0n) is 19.5. The van der Waals surface area contributed by atoms with E-state index in [1.807, 2.05) is 13.8 Å². The summed E-state index contributed by atoms with van der Waals surface area (Å²) in [5, 5.41) is 10.9. The number of hydrogen-bond acceptors (Lipinski definition) is 7. The molecule has 3 fully saturated rings. The van der Waals surface area contributed by atoms with Crippen LogP contribution in [-0.2, 0) is 28.5 Å². The lowest BCUT2D eigenvalue weighted by molar-refractivity contribution is -0.308. The molecule has 3 rings (SSSR count). The van der Waals surface area contributed by atoms with E-state index in [-0.39, 0.29) is 12.5 Å². The number of aliphatic hydroxyl groups excluding tert-OH is 1. The van der Waals surface area contributed by atoms with Gasteiger partial charge in [-0.05, 0) is 69.6 Å². The lowest BCUT2D eigenvalue weighted by Gasteiger charge is -2.52. The van der Waals surface area contributed by atoms with Crippen molar-refractivity contribution >= 4 is 11.9 Å². The molecule has 7 heteroatoms. The number of esters is 2. The number of hydrogen-bond donors (Lipinski definition) is 1. The number of fused-ring (bicyclic) bond motifs is 1. The summed E-state index contributed by atoms with van der Waals surface area (Å²) in [7, 11) is 0. The first-order chi connectivity index (χ1) is 14.4. The number of aliphatic hydroxyl groups is 1. The standard InChI is InChI=1S/C24H38O7/c1-14-8-7-10-24(6)11-9-17(12-18(14)24)23(4,5)31-22-20(27)21(30-16(3)26)19(13-28-22)29-15(2)25/h17-22,27H,1,7-13H2,2-6H3. The lowest BCUT2D eigenvalue weighted by Crippen LogP contribution is -2.59. The minimum Gasteiger partial charge on any atom is -0.456 e. The van der Waals surface area contributed by atoms with Gasteiger partial charge in [-0.3, -0.25) is 9.59 Å². The van der Waals surface area contributed by atoms with Crippen LogP contribution in [0.2, 0.25) is 0 Å². The van der Waals surface area contributed by atoms with Crippen molar-refractivity contribution < 1.29 is 33.6 Å². The molecule has 0 aromatic rings. The Morgan fingerprint density at radius 1 is 1.19 bits per heavy atom. The van der Waals surface area contributed by atoms with Crippen LogP contribution < -0.4 is 0 Å². The van der Waals surface area contributed by atoms with Gasteiger partial charge in [0.1, 0.15) is 6.10 Å². The molecule has 0 amide bonds. The molecule has 1 aliphatic heterocycles. The molecule has 1 heterocycles. The Labute approximate surface area is 185 Å². The maximum absolute atomic E-state index is 11.6. The fraction of sp³-hybridized carbons (Fsp3) is 0.833. The van der Waals surface area contributed by atoms with Gasteiger partial charge in [0.05, 0.1) is 12.2 Å². The molecule has 1 N–H and O–H groups in total. The maximum Gasteiger partial charge on any atom is 0.303 e. The van der Waals surface area contributed by atoms with Crippen LogP contribution in [0.3, 0.4) is 0 Å². The molecule has 3 aliphatic rings. The Bertz CT molecular complexity index is 702. The minimum absolute atomic E-state index is 0.0164. The number of ether oxygens (including phenoxy) is 4. The van der Waals surface area contributed by atoms with E-state index in [1.165, 1.54) is 32.3 Å². The van der Waals surface area contributed by atoms with E-state index >= 15 is 0 Å². The van der Waals surface area contributed by atoms with Crippen LogP contribution in [0.25, 0.3) is 0 Å². The van der Waals surface area contributed by atoms with E-state index in [0.717, 1.165) is 25.7 Å². The van der Waals surface area contributed by atoms with Crippen molar-refractivity contribution in [3.05, 3.63) is 12.2 Å². The topological polar surface area (TPSA) is 91.3 Å². The van der Waals surface area contributed by atoms with Crippen molar-refractivity contribution in [3.8, 4) is 0 Å². The third kappa shape index (κ3) is 5.32. The first kappa shape index (κ1) is 24.2. The second kappa shape index (κ2) is 9.20. The number of allylic oxidation sites excluding steroid dienone is 1. The fourth-order valence-corrected chi connectivity index (χ4v) is 5.76. The molecular weight excluding hydrogens is 400 g/mol. The van der Waals surface area contributed by atoms with Gasteiger partial charge >= 0.3 is 11.9 Å². The van der Waals surface area contributed by atoms with Crippen molar-refractivity contribution in [2.75, 3.05) is 6.61 Å². The highest BCUT2D eigenvalue weighted by atomic mass is 16.7. The molecule has 7 atom stereocenters. The molecule has 0 aromatic carbocycles. The summed E-state index contributed by atoms with van der Waals surface area (Å²) in [6, 6.07) is 0. The average Bonchev–Trinajstić information content (AvgIpc) is 2.66. The van der Waals surface area contributed by atoms with Crippen LogP contribution in [0.15, 0.2) is 12.2 Å². The summed E-state index contributed by atoms with van der Waals surface area (Å²) in [4.78, 5) is 23.0. The number of carbonyl (C=O) groups excluding carboxylic acids is 2. The van der Waals surface area contributed by atoms with E-state index < -0.39 is 42.1 Å². The van der Waals surface area contributed by atoms with Gasteiger partial charge in [-0.1, -0.05) is 19.1 Å². The van der Waals surface area contributed by atoms with Gasteiger partial charge in [-0.2, -0.15) is 0 Å². The largest absolute Gasteiger partial charge is 0.456 e. The number of rotatable bonds is 5. The smallest absolute Gasteiger partial charge is 0.303 e. The van der Waals surface area contributed by atoms with E-state index in [9.17, 15) is 14.7 Å². The highest BCUT2D eigenvalue weighted by molar-refractivity contribution is 5.67. The maximum atomic E-state index is 11.6. The molecular formula is C24H38O7. The Hall–Kier alpha value is -1.44. The normalized spacial score (nSPS) is 38.8. The SMILES string of the molecule is C=C1CCCC2(C)CCC(C(C)(C)OC3OCC(OC(C)=O)C(OC(C)=O)C3O)CC12. The minimum atomic E-state index is -1.26. The predicted octanol–water partition coefficient (Wildman–Crippen LogP) is 3.52. The molecule has 2 aliphatic carbocycles. The van der Waals surface area contributed by atoms with Crippen molar-refractivity contribution in [2.24, 2.45) is 17.3 Å².